The number of hydrogen-bond acceptors (Lipinski definition) is 1. The molecule has 0 atom stereocenters. The van der Waals surface area contributed by atoms with E-state index in [1.807, 2.05) is 0 Å². The molecule has 1 N–H and O–H groups in total. The third-order valence-corrected chi connectivity index (χ3v) is 1.19. The van der Waals surface area contributed by atoms with E-state index in [1.54, 1.807) is 0 Å². The molecule has 0 aliphatic carbocycles. The van der Waals surface area contributed by atoms with Crippen LogP contribution in [-0.4, -0.2) is 62.5 Å². The first-order valence-electron chi connectivity index (χ1n) is 2.82. The molecule has 0 heterocycles. The van der Waals surface area contributed by atoms with Crippen molar-refractivity contribution in [1.29, 1.82) is 0 Å². The average Bonchev–Trinajstić information content (AvgIpc) is 1.90. The van der Waals surface area contributed by atoms with Crippen molar-refractivity contribution in [3.8, 4) is 0 Å². The van der Waals surface area contributed by atoms with E-state index < -0.39 is 5.97 Å². The Morgan fingerprint density at radius 1 is 1.36 bits per heavy atom. The summed E-state index contributed by atoms with van der Waals surface area (Å²) in [4.78, 5) is 10.3. The van der Waals surface area contributed by atoms with E-state index in [0.717, 1.165) is 0 Å². The first-order chi connectivity index (χ1) is 4.63. The Morgan fingerprint density at radius 3 is 1.82 bits per heavy atom. The molecule has 0 aromatic carbocycles. The Bertz CT molecular complexity index is 194. The molecule has 0 spiro atoms. The van der Waals surface area contributed by atoms with Crippen LogP contribution in [0, 0.1) is 0 Å². The molecule has 11 heavy (non-hydrogen) atoms. The molecule has 0 amide bonds. The van der Waals surface area contributed by atoms with Gasteiger partial charge in [0.15, 0.2) is 0 Å². The maximum atomic E-state index is 10.3. The summed E-state index contributed by atoms with van der Waals surface area (Å²) in [5, 5.41) is 8.46. The molecule has 0 radical (unpaired) electrons. The fourth-order valence-electron chi connectivity index (χ4n) is 0.513. The van der Waals surface area contributed by atoms with Crippen molar-refractivity contribution in [3.63, 3.8) is 0 Å². The summed E-state index contributed by atoms with van der Waals surface area (Å²) in [6.07, 6.45) is 2.94. The second-order valence-electron chi connectivity index (χ2n) is 1.79. The zero-order chi connectivity index (χ0) is 8.15. The van der Waals surface area contributed by atoms with Gasteiger partial charge in [0, 0.05) is 5.57 Å². The summed E-state index contributed by atoms with van der Waals surface area (Å²) in [5.74, 6) is -0.935. The molecule has 0 aromatic heterocycles. The van der Waals surface area contributed by atoms with E-state index in [-0.39, 0.29) is 57.0 Å². The Kier molecular flexibility index (Phi) is 8.84. The average molecular weight is 178 g/mol. The van der Waals surface area contributed by atoms with Gasteiger partial charge in [0.2, 0.25) is 0 Å². The molecular weight excluding hydrogens is 167 g/mol. The van der Waals surface area contributed by atoms with Crippen LogP contribution >= 0.6 is 0 Å². The van der Waals surface area contributed by atoms with E-state index in [2.05, 4.69) is 13.2 Å². The number of hydrogen-bond donors (Lipinski definition) is 1. The topological polar surface area (TPSA) is 37.3 Å². The molecule has 0 bridgehead atoms. The molecule has 0 aliphatic heterocycles. The Hall–Kier alpha value is 0.326. The number of carboxylic acid groups (broad SMARTS) is 1. The van der Waals surface area contributed by atoms with E-state index in [1.165, 1.54) is 19.1 Å². The minimum atomic E-state index is -0.935. The molecule has 0 aromatic rings. The van der Waals surface area contributed by atoms with Gasteiger partial charge in [0.1, 0.15) is 0 Å². The number of carbonyl (C=O) groups is 1. The summed E-state index contributed by atoms with van der Waals surface area (Å²) < 4.78 is 0. The van der Waals surface area contributed by atoms with Gasteiger partial charge in [-0.2, -0.15) is 0 Å². The van der Waals surface area contributed by atoms with Crippen molar-refractivity contribution < 1.29 is 9.90 Å². The van der Waals surface area contributed by atoms with Gasteiger partial charge in [-0.15, -0.1) is 0 Å². The predicted octanol–water partition coefficient (Wildman–Crippen LogP) is 1.11. The number of rotatable bonds is 3. The van der Waals surface area contributed by atoms with Crippen LogP contribution < -0.4 is 0 Å². The van der Waals surface area contributed by atoms with Crippen LogP contribution in [0.25, 0.3) is 0 Å². The zero-order valence-electron chi connectivity index (χ0n) is 5.92. The molecule has 0 aliphatic rings. The van der Waals surface area contributed by atoms with Crippen molar-refractivity contribution >= 4 is 57.4 Å². The molecule has 0 saturated heterocycles. The van der Waals surface area contributed by atoms with Crippen molar-refractivity contribution in [2.75, 3.05) is 0 Å². The fraction of sp³-hybridized carbons (Fsp3) is 0.125. The van der Waals surface area contributed by atoms with E-state index in [0.29, 0.717) is 5.57 Å². The Morgan fingerprint density at radius 2 is 1.73 bits per heavy atom. The van der Waals surface area contributed by atoms with Crippen molar-refractivity contribution in [3.05, 3.63) is 36.5 Å². The quantitative estimate of drug-likeness (QED) is 0.399. The van der Waals surface area contributed by atoms with Crippen LogP contribution in [0.4, 0.5) is 0 Å². The van der Waals surface area contributed by atoms with Crippen LogP contribution in [0.3, 0.4) is 0 Å². The summed E-state index contributed by atoms with van der Waals surface area (Å²) in [6, 6.07) is 0. The number of allylic oxidation sites excluding steroid dienone is 3. The van der Waals surface area contributed by atoms with Gasteiger partial charge in [0.25, 0.3) is 0 Å². The summed E-state index contributed by atoms with van der Waals surface area (Å²) in [5.41, 5.74) is 0.831. The van der Waals surface area contributed by atoms with Crippen molar-refractivity contribution in [1.82, 2.24) is 0 Å². The third kappa shape index (κ3) is 4.71. The standard InChI is InChI=1S/C8H10O2.K.H/c1-4-7(5-2)6(3)8(9)10;;/h4-5H,1-2H2,3H3,(H,9,10);;. The van der Waals surface area contributed by atoms with Gasteiger partial charge in [0.05, 0.1) is 0 Å². The molecular formula is C8H11KO2. The van der Waals surface area contributed by atoms with Gasteiger partial charge >= 0.3 is 57.4 Å². The fourth-order valence-corrected chi connectivity index (χ4v) is 0.513. The molecule has 0 saturated carbocycles. The molecule has 56 valence electrons. The third-order valence-electron chi connectivity index (χ3n) is 1.19. The van der Waals surface area contributed by atoms with Crippen LogP contribution in [0.2, 0.25) is 0 Å². The SMILES string of the molecule is C=CC(C=C)=C(C)C(=O)O.[KH]. The Labute approximate surface area is 109 Å². The van der Waals surface area contributed by atoms with E-state index in [4.69, 9.17) is 5.11 Å². The molecule has 0 fully saturated rings. The summed E-state index contributed by atoms with van der Waals surface area (Å²) in [7, 11) is 0. The van der Waals surface area contributed by atoms with Gasteiger partial charge < -0.3 is 5.11 Å². The van der Waals surface area contributed by atoms with Gasteiger partial charge in [-0.3, -0.25) is 0 Å². The van der Waals surface area contributed by atoms with Crippen LogP contribution in [0.15, 0.2) is 36.5 Å². The van der Waals surface area contributed by atoms with Crippen LogP contribution in [-0.2, 0) is 4.79 Å². The first-order valence-corrected chi connectivity index (χ1v) is 2.82. The van der Waals surface area contributed by atoms with Crippen LogP contribution in [0.1, 0.15) is 6.92 Å². The zero-order valence-corrected chi connectivity index (χ0v) is 5.92. The second kappa shape index (κ2) is 7.00. The first kappa shape index (κ1) is 13.9. The van der Waals surface area contributed by atoms with E-state index in [9.17, 15) is 4.79 Å². The monoisotopic (exact) mass is 178 g/mol. The summed E-state index contributed by atoms with van der Waals surface area (Å²) >= 11 is 0. The molecule has 0 rings (SSSR count). The number of carboxylic acids is 1. The minimum absolute atomic E-state index is 0. The predicted molar refractivity (Wildman–Crippen MR) is 47.9 cm³/mol. The molecule has 3 heteroatoms. The van der Waals surface area contributed by atoms with Crippen molar-refractivity contribution in [2.24, 2.45) is 0 Å². The van der Waals surface area contributed by atoms with E-state index >= 15 is 0 Å². The number of aliphatic carboxylic acids is 1. The van der Waals surface area contributed by atoms with Crippen molar-refractivity contribution in [2.45, 2.75) is 6.92 Å². The molecule has 2 nitrogen and oxygen atoms in total. The normalized spacial score (nSPS) is 7.36. The Balaban J connectivity index is 0. The molecule has 0 unspecified atom stereocenters. The van der Waals surface area contributed by atoms with Crippen LogP contribution in [0.5, 0.6) is 0 Å². The second-order valence-corrected chi connectivity index (χ2v) is 1.79. The van der Waals surface area contributed by atoms with Gasteiger partial charge in [-0.1, -0.05) is 25.3 Å². The van der Waals surface area contributed by atoms with Gasteiger partial charge in [-0.25, -0.2) is 4.79 Å². The maximum absolute atomic E-state index is 10.3. The summed E-state index contributed by atoms with van der Waals surface area (Å²) in [6.45, 7) is 8.40. The van der Waals surface area contributed by atoms with Gasteiger partial charge in [-0.05, 0) is 12.5 Å².